The second-order valence-corrected chi connectivity index (χ2v) is 7.62. The van der Waals surface area contributed by atoms with E-state index >= 15 is 0 Å². The predicted molar refractivity (Wildman–Crippen MR) is 79.0 cm³/mol. The molecule has 5 nitrogen and oxygen atoms in total. The molecule has 1 heterocycles. The molecule has 6 heteroatoms. The number of rotatable bonds is 8. The van der Waals surface area contributed by atoms with Crippen LogP contribution in [-0.4, -0.2) is 38.9 Å². The third kappa shape index (κ3) is 6.21. The Bertz CT molecular complexity index is 336. The SMILES string of the molecule is CC(C)CCCCNS(=O)(=O)N1CCC(CN)CC1. The third-order valence-corrected chi connectivity index (χ3v) is 5.35. The molecule has 1 aliphatic rings. The normalized spacial score (nSPS) is 19.2. The topological polar surface area (TPSA) is 75.4 Å². The molecule has 1 fully saturated rings. The molecule has 0 unspecified atom stereocenters. The molecular weight excluding hydrogens is 262 g/mol. The Morgan fingerprint density at radius 2 is 1.89 bits per heavy atom. The van der Waals surface area contributed by atoms with Gasteiger partial charge in [0.15, 0.2) is 0 Å². The smallest absolute Gasteiger partial charge is 0.279 e. The number of nitrogens with one attached hydrogen (secondary N) is 1. The fourth-order valence-corrected chi connectivity index (χ4v) is 3.63. The van der Waals surface area contributed by atoms with Crippen LogP contribution in [-0.2, 0) is 10.2 Å². The Morgan fingerprint density at radius 1 is 1.26 bits per heavy atom. The van der Waals surface area contributed by atoms with Crippen LogP contribution in [0, 0.1) is 11.8 Å². The lowest BCUT2D eigenvalue weighted by Crippen LogP contribution is -2.46. The van der Waals surface area contributed by atoms with Gasteiger partial charge in [-0.3, -0.25) is 0 Å². The Kier molecular flexibility index (Phi) is 7.28. The summed E-state index contributed by atoms with van der Waals surface area (Å²) in [6.07, 6.45) is 4.91. The van der Waals surface area contributed by atoms with Crippen molar-refractivity contribution in [1.82, 2.24) is 9.03 Å². The summed E-state index contributed by atoms with van der Waals surface area (Å²) in [6.45, 7) is 6.78. The fourth-order valence-electron chi connectivity index (χ4n) is 2.36. The van der Waals surface area contributed by atoms with Crippen LogP contribution in [0.4, 0.5) is 0 Å². The van der Waals surface area contributed by atoms with Gasteiger partial charge in [0.25, 0.3) is 10.2 Å². The number of nitrogens with zero attached hydrogens (tertiary/aromatic N) is 1. The van der Waals surface area contributed by atoms with Crippen molar-refractivity contribution >= 4 is 10.2 Å². The van der Waals surface area contributed by atoms with E-state index in [9.17, 15) is 8.42 Å². The van der Waals surface area contributed by atoms with Crippen LogP contribution >= 0.6 is 0 Å². The number of hydrogen-bond acceptors (Lipinski definition) is 3. The number of hydrogen-bond donors (Lipinski definition) is 2. The van der Waals surface area contributed by atoms with Crippen molar-refractivity contribution in [3.63, 3.8) is 0 Å². The minimum absolute atomic E-state index is 0.484. The lowest BCUT2D eigenvalue weighted by atomic mass is 9.99. The van der Waals surface area contributed by atoms with Crippen LogP contribution in [0.1, 0.15) is 46.0 Å². The molecule has 1 saturated heterocycles. The summed E-state index contributed by atoms with van der Waals surface area (Å²) >= 11 is 0. The molecule has 0 bridgehead atoms. The van der Waals surface area contributed by atoms with Crippen molar-refractivity contribution in [3.05, 3.63) is 0 Å². The van der Waals surface area contributed by atoms with Crippen LogP contribution < -0.4 is 10.5 Å². The molecule has 1 aliphatic heterocycles. The van der Waals surface area contributed by atoms with E-state index in [4.69, 9.17) is 5.73 Å². The van der Waals surface area contributed by atoms with E-state index in [1.165, 1.54) is 0 Å². The summed E-state index contributed by atoms with van der Waals surface area (Å²) in [7, 11) is -3.27. The average Bonchev–Trinajstić information content (AvgIpc) is 2.38. The fraction of sp³-hybridized carbons (Fsp3) is 1.00. The molecule has 0 aromatic heterocycles. The van der Waals surface area contributed by atoms with Gasteiger partial charge in [-0.1, -0.05) is 26.7 Å². The van der Waals surface area contributed by atoms with Crippen molar-refractivity contribution in [1.29, 1.82) is 0 Å². The van der Waals surface area contributed by atoms with Gasteiger partial charge in [-0.15, -0.1) is 0 Å². The number of piperidine rings is 1. The van der Waals surface area contributed by atoms with Gasteiger partial charge in [-0.25, -0.2) is 4.72 Å². The largest absolute Gasteiger partial charge is 0.330 e. The Morgan fingerprint density at radius 3 is 2.42 bits per heavy atom. The van der Waals surface area contributed by atoms with Crippen molar-refractivity contribution in [2.75, 3.05) is 26.2 Å². The van der Waals surface area contributed by atoms with Crippen molar-refractivity contribution < 1.29 is 8.42 Å². The highest BCUT2D eigenvalue weighted by atomic mass is 32.2. The highest BCUT2D eigenvalue weighted by Gasteiger charge is 2.26. The molecule has 0 radical (unpaired) electrons. The standard InChI is InChI=1S/C13H29N3O2S/c1-12(2)5-3-4-8-15-19(17,18)16-9-6-13(11-14)7-10-16/h12-13,15H,3-11,14H2,1-2H3. The van der Waals surface area contributed by atoms with Crippen LogP contribution in [0.15, 0.2) is 0 Å². The summed E-state index contributed by atoms with van der Waals surface area (Å²) in [5, 5.41) is 0. The first-order valence-corrected chi connectivity index (χ1v) is 8.84. The Balaban J connectivity index is 2.24. The van der Waals surface area contributed by atoms with E-state index in [0.717, 1.165) is 32.1 Å². The van der Waals surface area contributed by atoms with Crippen molar-refractivity contribution in [2.45, 2.75) is 46.0 Å². The number of nitrogens with two attached hydrogens (primary N) is 1. The predicted octanol–water partition coefficient (Wildman–Crippen LogP) is 1.32. The second-order valence-electron chi connectivity index (χ2n) is 5.87. The van der Waals surface area contributed by atoms with Crippen LogP contribution in [0.25, 0.3) is 0 Å². The van der Waals surface area contributed by atoms with Gasteiger partial charge in [0.1, 0.15) is 0 Å². The molecule has 0 aromatic carbocycles. The first kappa shape index (κ1) is 16.9. The van der Waals surface area contributed by atoms with E-state index in [2.05, 4.69) is 18.6 Å². The molecule has 1 rings (SSSR count). The first-order chi connectivity index (χ1) is 8.95. The Hall–Kier alpha value is -0.170. The van der Waals surface area contributed by atoms with Crippen LogP contribution in [0.5, 0.6) is 0 Å². The van der Waals surface area contributed by atoms with Gasteiger partial charge in [-0.2, -0.15) is 12.7 Å². The summed E-state index contributed by atoms with van der Waals surface area (Å²) in [5.74, 6) is 1.17. The maximum atomic E-state index is 12.1. The minimum atomic E-state index is -3.27. The van der Waals surface area contributed by atoms with Crippen molar-refractivity contribution in [3.8, 4) is 0 Å². The summed E-state index contributed by atoms with van der Waals surface area (Å²) < 4.78 is 28.4. The lowest BCUT2D eigenvalue weighted by Gasteiger charge is -2.30. The molecule has 19 heavy (non-hydrogen) atoms. The number of unbranched alkanes of at least 4 members (excludes halogenated alkanes) is 1. The van der Waals surface area contributed by atoms with Gasteiger partial charge in [0.05, 0.1) is 0 Å². The molecule has 0 aromatic rings. The summed E-state index contributed by atoms with van der Waals surface area (Å²) in [5.41, 5.74) is 5.61. The maximum Gasteiger partial charge on any atom is 0.279 e. The highest BCUT2D eigenvalue weighted by Crippen LogP contribution is 2.17. The van der Waals surface area contributed by atoms with E-state index in [1.54, 1.807) is 4.31 Å². The van der Waals surface area contributed by atoms with Gasteiger partial charge in [-0.05, 0) is 37.6 Å². The van der Waals surface area contributed by atoms with Crippen molar-refractivity contribution in [2.24, 2.45) is 17.6 Å². The summed E-state index contributed by atoms with van der Waals surface area (Å²) in [6, 6.07) is 0. The second kappa shape index (κ2) is 8.19. The minimum Gasteiger partial charge on any atom is -0.330 e. The monoisotopic (exact) mass is 291 g/mol. The average molecular weight is 291 g/mol. The van der Waals surface area contributed by atoms with Crippen LogP contribution in [0.3, 0.4) is 0 Å². The van der Waals surface area contributed by atoms with E-state index in [-0.39, 0.29) is 0 Å². The quantitative estimate of drug-likeness (QED) is 0.662. The third-order valence-electron chi connectivity index (χ3n) is 3.74. The van der Waals surface area contributed by atoms with Gasteiger partial charge < -0.3 is 5.73 Å². The molecule has 0 saturated carbocycles. The van der Waals surface area contributed by atoms with E-state index in [0.29, 0.717) is 38.0 Å². The van der Waals surface area contributed by atoms with Gasteiger partial charge >= 0.3 is 0 Å². The van der Waals surface area contributed by atoms with Crippen LogP contribution in [0.2, 0.25) is 0 Å². The van der Waals surface area contributed by atoms with Gasteiger partial charge in [0.2, 0.25) is 0 Å². The molecule has 0 aliphatic carbocycles. The molecule has 0 atom stereocenters. The highest BCUT2D eigenvalue weighted by molar-refractivity contribution is 7.87. The molecule has 0 amide bonds. The van der Waals surface area contributed by atoms with Gasteiger partial charge in [0, 0.05) is 19.6 Å². The molecular formula is C13H29N3O2S. The maximum absolute atomic E-state index is 12.1. The zero-order chi connectivity index (χ0) is 14.3. The lowest BCUT2D eigenvalue weighted by molar-refractivity contribution is 0.275. The first-order valence-electron chi connectivity index (χ1n) is 7.40. The Labute approximate surface area is 118 Å². The zero-order valence-corrected chi connectivity index (χ0v) is 13.1. The van der Waals surface area contributed by atoms with E-state index in [1.807, 2.05) is 0 Å². The van der Waals surface area contributed by atoms with E-state index < -0.39 is 10.2 Å². The molecule has 114 valence electrons. The molecule has 3 N–H and O–H groups in total. The summed E-state index contributed by atoms with van der Waals surface area (Å²) in [4.78, 5) is 0. The zero-order valence-electron chi connectivity index (χ0n) is 12.3. The molecule has 0 spiro atoms.